The maximum atomic E-state index is 13.4. The molecule has 1 unspecified atom stereocenters. The van der Waals surface area contributed by atoms with Gasteiger partial charge in [0, 0.05) is 17.7 Å². The fourth-order valence-corrected chi connectivity index (χ4v) is 6.26. The molecule has 2 N–H and O–H groups in total. The van der Waals surface area contributed by atoms with Crippen molar-refractivity contribution >= 4 is 40.0 Å². The van der Waals surface area contributed by atoms with Gasteiger partial charge >= 0.3 is 5.97 Å². The molecule has 1 aliphatic carbocycles. The minimum Gasteiger partial charge on any atom is -0.493 e. The van der Waals surface area contributed by atoms with Crippen LogP contribution >= 0.6 is 23.1 Å². The monoisotopic (exact) mass is 557 g/mol. The van der Waals surface area contributed by atoms with Gasteiger partial charge in [-0.15, -0.1) is 10.2 Å². The van der Waals surface area contributed by atoms with Crippen LogP contribution in [0.5, 0.6) is 17.2 Å². The normalized spacial score (nSPS) is 17.2. The summed E-state index contributed by atoms with van der Waals surface area (Å²) in [5.41, 5.74) is 8.59. The number of methoxy groups -OCH3 is 3. The minimum absolute atomic E-state index is 0.0725. The molecule has 0 amide bonds. The predicted molar refractivity (Wildman–Crippen MR) is 141 cm³/mol. The standard InChI is InChI=1S/C25H27N5O6S2/c1-5-36-19(32)12-37-25-29-28-24(38-25)30-15-7-6-8-16(31)21(15)20(14(11-26)23(30)27)13-9-17(33-2)22(35-4)18(10-13)34-3/h9-10,20H,5-8,12,27H2,1-4H3. The number of ketones is 1. The molecule has 200 valence electrons. The number of nitriles is 1. The van der Waals surface area contributed by atoms with Crippen LogP contribution in [0.2, 0.25) is 0 Å². The Balaban J connectivity index is 1.82. The Hall–Kier alpha value is -3.76. The van der Waals surface area contributed by atoms with Gasteiger partial charge in [0.05, 0.1) is 51.2 Å². The molecule has 1 aromatic heterocycles. The molecule has 4 rings (SSSR count). The topological polar surface area (TPSA) is 150 Å². The van der Waals surface area contributed by atoms with Crippen molar-refractivity contribution in [2.75, 3.05) is 38.6 Å². The minimum atomic E-state index is -0.724. The quantitative estimate of drug-likeness (QED) is 0.355. The summed E-state index contributed by atoms with van der Waals surface area (Å²) >= 11 is 2.42. The molecule has 2 heterocycles. The lowest BCUT2D eigenvalue weighted by Gasteiger charge is -2.38. The number of hydrogen-bond acceptors (Lipinski definition) is 13. The first-order chi connectivity index (χ1) is 18.4. The number of benzene rings is 1. The summed E-state index contributed by atoms with van der Waals surface area (Å²) in [5.74, 6) is 0.308. The number of carbonyl (C=O) groups is 2. The van der Waals surface area contributed by atoms with Crippen molar-refractivity contribution in [2.24, 2.45) is 5.73 Å². The third kappa shape index (κ3) is 5.01. The first-order valence-corrected chi connectivity index (χ1v) is 13.6. The van der Waals surface area contributed by atoms with E-state index in [-0.39, 0.29) is 28.9 Å². The molecule has 1 aromatic carbocycles. The van der Waals surface area contributed by atoms with Gasteiger partial charge in [0.1, 0.15) is 5.82 Å². The van der Waals surface area contributed by atoms with Crippen molar-refractivity contribution in [1.82, 2.24) is 10.2 Å². The van der Waals surface area contributed by atoms with Gasteiger partial charge in [-0.2, -0.15) is 5.26 Å². The Morgan fingerprint density at radius 2 is 1.92 bits per heavy atom. The molecule has 0 spiro atoms. The van der Waals surface area contributed by atoms with Crippen molar-refractivity contribution in [2.45, 2.75) is 36.4 Å². The maximum Gasteiger partial charge on any atom is 0.316 e. The van der Waals surface area contributed by atoms with Gasteiger partial charge in [-0.3, -0.25) is 14.5 Å². The average molecular weight is 558 g/mol. The molecular weight excluding hydrogens is 530 g/mol. The highest BCUT2D eigenvalue weighted by atomic mass is 32.2. The molecule has 0 saturated carbocycles. The van der Waals surface area contributed by atoms with Gasteiger partial charge in [0.25, 0.3) is 0 Å². The third-order valence-electron chi connectivity index (χ3n) is 6.14. The van der Waals surface area contributed by atoms with Gasteiger partial charge in [-0.05, 0) is 37.5 Å². The summed E-state index contributed by atoms with van der Waals surface area (Å²) in [4.78, 5) is 26.8. The number of carbonyl (C=O) groups excluding carboxylic acids is 2. The smallest absolute Gasteiger partial charge is 0.316 e. The SMILES string of the molecule is CCOC(=O)CSc1nnc(N2C(N)=C(C#N)C(c3cc(OC)c(OC)c(OC)c3)C3=C2CCCC3=O)s1. The zero-order valence-corrected chi connectivity index (χ0v) is 23.0. The van der Waals surface area contributed by atoms with E-state index in [1.807, 2.05) is 0 Å². The first-order valence-electron chi connectivity index (χ1n) is 11.8. The summed E-state index contributed by atoms with van der Waals surface area (Å²) in [7, 11) is 4.51. The number of rotatable bonds is 9. The molecule has 0 fully saturated rings. The Morgan fingerprint density at radius 3 is 2.53 bits per heavy atom. The molecule has 2 aliphatic rings. The fraction of sp³-hybridized carbons (Fsp3) is 0.400. The largest absolute Gasteiger partial charge is 0.493 e. The lowest BCUT2D eigenvalue weighted by Crippen LogP contribution is -2.38. The number of nitrogens with two attached hydrogens (primary N) is 1. The van der Waals surface area contributed by atoms with E-state index in [1.54, 1.807) is 24.0 Å². The number of anilines is 1. The fourth-order valence-electron chi connectivity index (χ4n) is 4.58. The first kappa shape index (κ1) is 27.3. The average Bonchev–Trinajstić information content (AvgIpc) is 3.39. The maximum absolute atomic E-state index is 13.4. The molecule has 13 heteroatoms. The molecule has 0 bridgehead atoms. The van der Waals surface area contributed by atoms with Crippen LogP contribution in [0.4, 0.5) is 5.13 Å². The summed E-state index contributed by atoms with van der Waals surface area (Å²) in [6, 6.07) is 5.68. The van der Waals surface area contributed by atoms with Gasteiger partial charge in [-0.25, -0.2) is 0 Å². The third-order valence-corrected chi connectivity index (χ3v) is 8.15. The van der Waals surface area contributed by atoms with E-state index in [9.17, 15) is 14.9 Å². The second-order valence-electron chi connectivity index (χ2n) is 8.22. The Bertz CT molecular complexity index is 1340. The predicted octanol–water partition coefficient (Wildman–Crippen LogP) is 3.52. The van der Waals surface area contributed by atoms with Gasteiger partial charge in [-0.1, -0.05) is 23.1 Å². The number of hydrogen-bond donors (Lipinski definition) is 1. The van der Waals surface area contributed by atoms with E-state index >= 15 is 0 Å². The van der Waals surface area contributed by atoms with Crippen molar-refractivity contribution < 1.29 is 28.5 Å². The highest BCUT2D eigenvalue weighted by Gasteiger charge is 2.42. The van der Waals surface area contributed by atoms with Crippen molar-refractivity contribution in [3.05, 3.63) is 40.4 Å². The van der Waals surface area contributed by atoms with Crippen molar-refractivity contribution in [1.29, 1.82) is 5.26 Å². The van der Waals surface area contributed by atoms with E-state index in [1.165, 1.54) is 44.4 Å². The van der Waals surface area contributed by atoms with Crippen LogP contribution in [0.3, 0.4) is 0 Å². The summed E-state index contributed by atoms with van der Waals surface area (Å²) < 4.78 is 22.0. The number of nitrogens with zero attached hydrogens (tertiary/aromatic N) is 4. The summed E-state index contributed by atoms with van der Waals surface area (Å²) in [5, 5.41) is 19.1. The molecule has 0 saturated heterocycles. The van der Waals surface area contributed by atoms with Crippen LogP contribution in [0.25, 0.3) is 0 Å². The highest BCUT2D eigenvalue weighted by Crippen LogP contribution is 2.49. The Labute approximate surface area is 228 Å². The zero-order chi connectivity index (χ0) is 27.4. The van der Waals surface area contributed by atoms with Gasteiger partial charge in [0.2, 0.25) is 10.9 Å². The van der Waals surface area contributed by atoms with E-state index in [0.29, 0.717) is 69.4 Å². The van der Waals surface area contributed by atoms with Crippen LogP contribution in [-0.2, 0) is 14.3 Å². The van der Waals surface area contributed by atoms with E-state index < -0.39 is 5.92 Å². The molecule has 0 radical (unpaired) electrons. The van der Waals surface area contributed by atoms with E-state index in [4.69, 9.17) is 24.7 Å². The number of esters is 1. The van der Waals surface area contributed by atoms with Gasteiger partial charge < -0.3 is 24.7 Å². The molecule has 1 aliphatic heterocycles. The van der Waals surface area contributed by atoms with E-state index in [2.05, 4.69) is 16.3 Å². The number of ether oxygens (including phenoxy) is 4. The zero-order valence-electron chi connectivity index (χ0n) is 21.4. The lowest BCUT2D eigenvalue weighted by molar-refractivity contribution is -0.139. The highest BCUT2D eigenvalue weighted by molar-refractivity contribution is 8.01. The second-order valence-corrected chi connectivity index (χ2v) is 10.4. The molecular formula is C25H27N5O6S2. The summed E-state index contributed by atoms with van der Waals surface area (Å²) in [6.07, 6.45) is 1.55. The number of allylic oxidation sites excluding steroid dienone is 3. The molecule has 11 nitrogen and oxygen atoms in total. The van der Waals surface area contributed by atoms with Crippen LogP contribution in [-0.4, -0.2) is 55.6 Å². The van der Waals surface area contributed by atoms with E-state index in [0.717, 1.165) is 0 Å². The van der Waals surface area contributed by atoms with Crippen LogP contribution < -0.4 is 24.8 Å². The molecule has 38 heavy (non-hydrogen) atoms. The Morgan fingerprint density at radius 1 is 1.21 bits per heavy atom. The number of aromatic nitrogens is 2. The van der Waals surface area contributed by atoms with Gasteiger partial charge in [0.15, 0.2) is 21.6 Å². The van der Waals surface area contributed by atoms with Crippen LogP contribution in [0.15, 0.2) is 39.1 Å². The van der Waals surface area contributed by atoms with Crippen molar-refractivity contribution in [3.8, 4) is 23.3 Å². The lowest BCUT2D eigenvalue weighted by atomic mass is 9.75. The molecule has 1 atom stereocenters. The number of Topliss-reactive ketones (excluding diaryl/α,β-unsaturated/α-hetero) is 1. The van der Waals surface area contributed by atoms with Crippen LogP contribution in [0.1, 0.15) is 37.7 Å². The number of thioether (sulfide) groups is 1. The van der Waals surface area contributed by atoms with Crippen LogP contribution in [0, 0.1) is 11.3 Å². The summed E-state index contributed by atoms with van der Waals surface area (Å²) in [6.45, 7) is 2.04. The second kappa shape index (κ2) is 11.7. The Kier molecular flexibility index (Phi) is 8.43. The molecule has 2 aromatic rings. The van der Waals surface area contributed by atoms with Crippen molar-refractivity contribution in [3.63, 3.8) is 0 Å².